The summed E-state index contributed by atoms with van der Waals surface area (Å²) in [7, 11) is -3.17. The molecule has 0 aromatic heterocycles. The Bertz CT molecular complexity index is 818. The minimum atomic E-state index is -3.67. The van der Waals surface area contributed by atoms with Crippen molar-refractivity contribution in [3.05, 3.63) is 30.3 Å². The summed E-state index contributed by atoms with van der Waals surface area (Å²) in [6.45, 7) is 0.422. The van der Waals surface area contributed by atoms with E-state index in [1.165, 1.54) is 12.1 Å². The molecule has 171 valence electrons. The lowest BCUT2D eigenvalue weighted by Crippen LogP contribution is -2.53. The Morgan fingerprint density at radius 2 is 1.84 bits per heavy atom. The van der Waals surface area contributed by atoms with Gasteiger partial charge in [-0.3, -0.25) is 9.59 Å². The highest BCUT2D eigenvalue weighted by Crippen LogP contribution is 2.38. The minimum absolute atomic E-state index is 0.0115. The van der Waals surface area contributed by atoms with Crippen molar-refractivity contribution in [2.24, 2.45) is 11.1 Å². The zero-order chi connectivity index (χ0) is 22.7. The van der Waals surface area contributed by atoms with Gasteiger partial charge in [-0.15, -0.1) is 0 Å². The zero-order valence-electron chi connectivity index (χ0n) is 17.4. The van der Waals surface area contributed by atoms with Crippen LogP contribution in [0, 0.1) is 5.41 Å². The number of rotatable bonds is 13. The van der Waals surface area contributed by atoms with Crippen LogP contribution in [0.15, 0.2) is 35.2 Å². The summed E-state index contributed by atoms with van der Waals surface area (Å²) in [5, 5.41) is 14.3. The fourth-order valence-corrected chi connectivity index (χ4v) is 4.64. The Kier molecular flexibility index (Phi) is 9.91. The molecule has 0 heterocycles. The summed E-state index contributed by atoms with van der Waals surface area (Å²) >= 11 is 0. The Hall–Kier alpha value is -1.99. The quantitative estimate of drug-likeness (QED) is 0.115. The van der Waals surface area contributed by atoms with Crippen LogP contribution < -0.4 is 21.1 Å². The summed E-state index contributed by atoms with van der Waals surface area (Å²) in [5.41, 5.74) is 4.23. The van der Waals surface area contributed by atoms with Gasteiger partial charge in [-0.2, -0.15) is 0 Å². The van der Waals surface area contributed by atoms with Gasteiger partial charge in [0.15, 0.2) is 0 Å². The molecular formula is C19H30BN4O6S. The zero-order valence-corrected chi connectivity index (χ0v) is 18.2. The third kappa shape index (κ3) is 7.01. The van der Waals surface area contributed by atoms with Gasteiger partial charge in [-0.05, 0) is 44.4 Å². The normalized spacial score (nSPS) is 16.5. The lowest BCUT2D eigenvalue weighted by molar-refractivity contribution is -0.145. The average molecular weight is 453 g/mol. The molecule has 2 rings (SSSR count). The summed E-state index contributed by atoms with van der Waals surface area (Å²) in [4.78, 5) is 26.0. The third-order valence-electron chi connectivity index (χ3n) is 5.27. The van der Waals surface area contributed by atoms with Crippen LogP contribution in [0.2, 0.25) is 0 Å². The smallest absolute Gasteiger partial charge is 0.429 e. The van der Waals surface area contributed by atoms with Gasteiger partial charge >= 0.3 is 7.69 Å². The monoisotopic (exact) mass is 453 g/mol. The van der Waals surface area contributed by atoms with E-state index >= 15 is 0 Å². The number of hydrogen-bond acceptors (Lipinski definition) is 7. The molecule has 0 saturated heterocycles. The maximum absolute atomic E-state index is 12.9. The molecule has 12 heteroatoms. The molecule has 10 nitrogen and oxygen atoms in total. The van der Waals surface area contributed by atoms with E-state index in [0.29, 0.717) is 39.9 Å². The molecule has 1 saturated carbocycles. The van der Waals surface area contributed by atoms with Crippen LogP contribution in [0.5, 0.6) is 0 Å². The number of amides is 2. The van der Waals surface area contributed by atoms with Gasteiger partial charge in [0.2, 0.25) is 21.8 Å². The van der Waals surface area contributed by atoms with E-state index in [1.54, 1.807) is 18.2 Å². The maximum atomic E-state index is 12.9. The minimum Gasteiger partial charge on any atom is -0.429 e. The number of sulfonamides is 1. The molecule has 2 amide bonds. The summed E-state index contributed by atoms with van der Waals surface area (Å²) in [6, 6.07) is 7.92. The second-order valence-corrected chi connectivity index (χ2v) is 9.16. The highest BCUT2D eigenvalue weighted by Gasteiger charge is 2.48. The van der Waals surface area contributed by atoms with E-state index in [4.69, 9.17) is 15.4 Å². The highest BCUT2D eigenvalue weighted by atomic mass is 32.2. The third-order valence-corrected chi connectivity index (χ3v) is 6.75. The largest absolute Gasteiger partial charge is 0.486 e. The number of carbonyl (C=O) groups excluding carboxylic acids is 2. The predicted molar refractivity (Wildman–Crippen MR) is 115 cm³/mol. The first-order valence-electron chi connectivity index (χ1n) is 10.3. The molecule has 1 aliphatic carbocycles. The van der Waals surface area contributed by atoms with Gasteiger partial charge in [-0.1, -0.05) is 31.0 Å². The van der Waals surface area contributed by atoms with Crippen LogP contribution >= 0.6 is 0 Å². The molecule has 1 aromatic carbocycles. The van der Waals surface area contributed by atoms with E-state index in [0.717, 1.165) is 12.8 Å². The van der Waals surface area contributed by atoms with E-state index in [1.807, 2.05) is 0 Å². The van der Waals surface area contributed by atoms with Crippen LogP contribution in [0.4, 0.5) is 0 Å². The summed E-state index contributed by atoms with van der Waals surface area (Å²) < 4.78 is 31.9. The van der Waals surface area contributed by atoms with Gasteiger partial charge in [0, 0.05) is 13.1 Å². The Morgan fingerprint density at radius 3 is 2.45 bits per heavy atom. The van der Waals surface area contributed by atoms with Crippen molar-refractivity contribution in [2.45, 2.75) is 49.6 Å². The molecule has 0 aliphatic heterocycles. The van der Waals surface area contributed by atoms with Crippen molar-refractivity contribution < 1.29 is 27.7 Å². The van der Waals surface area contributed by atoms with Crippen molar-refractivity contribution in [3.8, 4) is 0 Å². The predicted octanol–water partition coefficient (Wildman–Crippen LogP) is -0.634. The first-order valence-corrected chi connectivity index (χ1v) is 11.8. The highest BCUT2D eigenvalue weighted by molar-refractivity contribution is 7.89. The molecule has 0 unspecified atom stereocenters. The molecule has 0 bridgehead atoms. The van der Waals surface area contributed by atoms with E-state index in [2.05, 4.69) is 15.4 Å². The van der Waals surface area contributed by atoms with Gasteiger partial charge in [0.1, 0.15) is 11.6 Å². The maximum Gasteiger partial charge on any atom is 0.486 e. The van der Waals surface area contributed by atoms with Crippen molar-refractivity contribution in [1.29, 1.82) is 0 Å². The Morgan fingerprint density at radius 1 is 1.16 bits per heavy atom. The topological polar surface area (TPSA) is 160 Å². The standard InChI is InChI=1S/C19H30BN4O6S/c21-12-6-9-16(30-20-27)24-18(26)19(10-4-5-11-19)17(25)22-13-14-23-31(28,29)15-7-2-1-3-8-15/h1-3,7-8,16,23,27H,4-6,9-14,21H2,(H,22,25)(H,24,26)/t16-/m1/s1. The summed E-state index contributed by atoms with van der Waals surface area (Å²) in [5.74, 6) is -0.928. The van der Waals surface area contributed by atoms with E-state index < -0.39 is 33.5 Å². The molecule has 31 heavy (non-hydrogen) atoms. The summed E-state index contributed by atoms with van der Waals surface area (Å²) in [6.07, 6.45) is 2.38. The van der Waals surface area contributed by atoms with Gasteiger partial charge < -0.3 is 26.0 Å². The van der Waals surface area contributed by atoms with E-state index in [9.17, 15) is 18.0 Å². The van der Waals surface area contributed by atoms with Crippen LogP contribution in [0.3, 0.4) is 0 Å². The fourth-order valence-electron chi connectivity index (χ4n) is 3.58. The first-order chi connectivity index (χ1) is 14.9. The number of nitrogens with one attached hydrogen (secondary N) is 3. The van der Waals surface area contributed by atoms with Gasteiger partial charge in [-0.25, -0.2) is 13.1 Å². The SMILES string of the molecule is NCCC[C@H](NC(=O)C1(C(=O)NCCNS(=O)(=O)c2ccccc2)CCCC1)O[B]O. The molecular weight excluding hydrogens is 423 g/mol. The molecule has 6 N–H and O–H groups in total. The van der Waals surface area contributed by atoms with Crippen LogP contribution in [0.1, 0.15) is 38.5 Å². The molecule has 1 atom stereocenters. The number of benzene rings is 1. The van der Waals surface area contributed by atoms with Crippen molar-refractivity contribution in [2.75, 3.05) is 19.6 Å². The second kappa shape index (κ2) is 12.2. The Labute approximate surface area is 183 Å². The molecule has 0 spiro atoms. The van der Waals surface area contributed by atoms with Crippen LogP contribution in [-0.2, 0) is 24.3 Å². The van der Waals surface area contributed by atoms with E-state index in [-0.39, 0.29) is 18.0 Å². The van der Waals surface area contributed by atoms with Gasteiger partial charge in [0.25, 0.3) is 0 Å². The number of hydrogen-bond donors (Lipinski definition) is 5. The van der Waals surface area contributed by atoms with Crippen molar-refractivity contribution in [1.82, 2.24) is 15.4 Å². The molecule has 1 aromatic rings. The number of nitrogens with two attached hydrogens (primary N) is 1. The van der Waals surface area contributed by atoms with Crippen molar-refractivity contribution >= 4 is 29.5 Å². The lowest BCUT2D eigenvalue weighted by Gasteiger charge is -2.29. The average Bonchev–Trinajstić information content (AvgIpc) is 3.27. The first kappa shape index (κ1) is 25.3. The molecule has 1 radical (unpaired) electrons. The fraction of sp³-hybridized carbons (Fsp3) is 0.579. The van der Waals surface area contributed by atoms with Gasteiger partial charge in [0.05, 0.1) is 4.90 Å². The second-order valence-electron chi connectivity index (χ2n) is 7.39. The molecule has 1 aliphatic rings. The molecule has 1 fully saturated rings. The lowest BCUT2D eigenvalue weighted by atomic mass is 9.83. The van der Waals surface area contributed by atoms with Crippen LogP contribution in [0.25, 0.3) is 0 Å². The van der Waals surface area contributed by atoms with Crippen LogP contribution in [-0.4, -0.2) is 58.8 Å². The Balaban J connectivity index is 1.92. The number of carbonyl (C=O) groups is 2. The van der Waals surface area contributed by atoms with Crippen molar-refractivity contribution in [3.63, 3.8) is 0 Å².